The van der Waals surface area contributed by atoms with Crippen molar-refractivity contribution in [3.63, 3.8) is 0 Å². The third-order valence-corrected chi connectivity index (χ3v) is 7.85. The molecule has 0 spiro atoms. The Morgan fingerprint density at radius 3 is 1.38 bits per heavy atom. The van der Waals surface area contributed by atoms with Gasteiger partial charge in [0.1, 0.15) is 24.7 Å². The minimum Gasteiger partial charge on any atom is -0.492 e. The number of thiol groups is 4. The molecule has 0 aliphatic rings. The van der Waals surface area contributed by atoms with Crippen molar-refractivity contribution >= 4 is 74.0 Å². The first-order valence-electron chi connectivity index (χ1n) is 7.75. The molecule has 2 unspecified atom stereocenters. The van der Waals surface area contributed by atoms with Crippen molar-refractivity contribution in [2.75, 3.05) is 47.7 Å². The summed E-state index contributed by atoms with van der Waals surface area (Å²) < 4.78 is 11.7. The molecular weight excluding hydrogens is 417 g/mol. The summed E-state index contributed by atoms with van der Waals surface area (Å²) in [6, 6.07) is 7.80. The Hall–Kier alpha value is 0.920. The molecule has 0 N–H and O–H groups in total. The molecule has 0 aromatic heterocycles. The highest BCUT2D eigenvalue weighted by molar-refractivity contribution is 8.01. The molecule has 8 heteroatoms. The molecule has 0 radical (unpaired) electrons. The lowest BCUT2D eigenvalue weighted by Crippen LogP contribution is -2.17. The molecule has 0 saturated heterocycles. The zero-order chi connectivity index (χ0) is 17.6. The van der Waals surface area contributed by atoms with E-state index in [1.807, 2.05) is 47.8 Å². The molecular formula is C16H26O2S6. The van der Waals surface area contributed by atoms with E-state index in [1.165, 1.54) is 0 Å². The van der Waals surface area contributed by atoms with E-state index in [2.05, 4.69) is 50.5 Å². The van der Waals surface area contributed by atoms with Crippen LogP contribution in [0, 0.1) is 0 Å². The lowest BCUT2D eigenvalue weighted by molar-refractivity contribution is 0.314. The van der Waals surface area contributed by atoms with Gasteiger partial charge in [0.25, 0.3) is 0 Å². The minimum atomic E-state index is 0.386. The first kappa shape index (κ1) is 23.0. The number of thioether (sulfide) groups is 2. The number of rotatable bonds is 14. The lowest BCUT2D eigenvalue weighted by atomic mass is 10.3. The average Bonchev–Trinajstić information content (AvgIpc) is 2.63. The van der Waals surface area contributed by atoms with Crippen LogP contribution in [0.25, 0.3) is 0 Å². The molecule has 1 aromatic rings. The van der Waals surface area contributed by atoms with Crippen LogP contribution in [0.1, 0.15) is 0 Å². The average molecular weight is 443 g/mol. The van der Waals surface area contributed by atoms with Gasteiger partial charge in [-0.3, -0.25) is 0 Å². The van der Waals surface area contributed by atoms with Gasteiger partial charge in [-0.25, -0.2) is 0 Å². The van der Waals surface area contributed by atoms with Crippen LogP contribution in [0.15, 0.2) is 24.3 Å². The molecule has 2 nitrogen and oxygen atoms in total. The van der Waals surface area contributed by atoms with Crippen LogP contribution in [0.5, 0.6) is 11.5 Å². The van der Waals surface area contributed by atoms with Gasteiger partial charge in [0.15, 0.2) is 0 Å². The van der Waals surface area contributed by atoms with Crippen molar-refractivity contribution in [3.05, 3.63) is 24.3 Å². The Morgan fingerprint density at radius 2 is 1.08 bits per heavy atom. The third kappa shape index (κ3) is 10.2. The molecule has 0 aliphatic carbocycles. The smallest absolute Gasteiger partial charge is 0.119 e. The highest BCUT2D eigenvalue weighted by Crippen LogP contribution is 2.21. The Morgan fingerprint density at radius 1 is 0.708 bits per heavy atom. The first-order chi connectivity index (χ1) is 11.7. The predicted molar refractivity (Wildman–Crippen MR) is 125 cm³/mol. The van der Waals surface area contributed by atoms with Crippen molar-refractivity contribution in [3.8, 4) is 11.5 Å². The molecule has 0 saturated carbocycles. The minimum absolute atomic E-state index is 0.386. The fourth-order valence-electron chi connectivity index (χ4n) is 1.76. The van der Waals surface area contributed by atoms with E-state index in [0.29, 0.717) is 23.7 Å². The van der Waals surface area contributed by atoms with E-state index < -0.39 is 0 Å². The molecule has 0 amide bonds. The number of benzene rings is 1. The van der Waals surface area contributed by atoms with Crippen LogP contribution >= 0.6 is 74.0 Å². The van der Waals surface area contributed by atoms with Gasteiger partial charge in [0, 0.05) is 33.5 Å². The summed E-state index contributed by atoms with van der Waals surface area (Å²) in [5.41, 5.74) is 0. The second-order valence-electron chi connectivity index (χ2n) is 4.89. The second-order valence-corrected chi connectivity index (χ2v) is 9.33. The maximum atomic E-state index is 5.84. The summed E-state index contributed by atoms with van der Waals surface area (Å²) in [6.07, 6.45) is 0. The van der Waals surface area contributed by atoms with Crippen molar-refractivity contribution in [2.24, 2.45) is 0 Å². The van der Waals surface area contributed by atoms with Gasteiger partial charge in [0.05, 0.1) is 0 Å². The fourth-order valence-corrected chi connectivity index (χ4v) is 4.65. The second kappa shape index (κ2) is 15.0. The SMILES string of the molecule is SCCSC(CS)COc1ccc(OCC(CS)SCCS)cc1. The molecule has 0 fully saturated rings. The van der Waals surface area contributed by atoms with Gasteiger partial charge >= 0.3 is 0 Å². The fraction of sp³-hybridized carbons (Fsp3) is 0.625. The van der Waals surface area contributed by atoms with E-state index in [4.69, 9.17) is 9.47 Å². The van der Waals surface area contributed by atoms with Crippen LogP contribution in [0.3, 0.4) is 0 Å². The Bertz CT molecular complexity index is 379. The van der Waals surface area contributed by atoms with Crippen LogP contribution in [0.4, 0.5) is 0 Å². The van der Waals surface area contributed by atoms with Crippen molar-refractivity contribution in [1.82, 2.24) is 0 Å². The highest BCUT2D eigenvalue weighted by atomic mass is 32.2. The van der Waals surface area contributed by atoms with Gasteiger partial charge in [-0.05, 0) is 35.8 Å². The number of hydrogen-bond donors (Lipinski definition) is 4. The van der Waals surface area contributed by atoms with E-state index in [9.17, 15) is 0 Å². The summed E-state index contributed by atoms with van der Waals surface area (Å²) >= 11 is 20.9. The molecule has 0 bridgehead atoms. The third-order valence-electron chi connectivity index (χ3n) is 2.99. The van der Waals surface area contributed by atoms with Crippen molar-refractivity contribution in [1.29, 1.82) is 0 Å². The molecule has 1 aromatic carbocycles. The van der Waals surface area contributed by atoms with Gasteiger partial charge < -0.3 is 9.47 Å². The van der Waals surface area contributed by atoms with Crippen LogP contribution in [-0.2, 0) is 0 Å². The molecule has 138 valence electrons. The molecule has 24 heavy (non-hydrogen) atoms. The van der Waals surface area contributed by atoms with E-state index in [1.54, 1.807) is 0 Å². The van der Waals surface area contributed by atoms with Gasteiger partial charge in [-0.2, -0.15) is 74.0 Å². The predicted octanol–water partition coefficient (Wildman–Crippen LogP) is 4.37. The van der Waals surface area contributed by atoms with Crippen molar-refractivity contribution in [2.45, 2.75) is 10.5 Å². The van der Waals surface area contributed by atoms with Gasteiger partial charge in [-0.15, -0.1) is 0 Å². The first-order valence-corrected chi connectivity index (χ1v) is 12.4. The molecule has 1 rings (SSSR count). The Balaban J connectivity index is 2.36. The Kier molecular flexibility index (Phi) is 14.4. The van der Waals surface area contributed by atoms with E-state index in [0.717, 1.165) is 46.0 Å². The molecule has 2 atom stereocenters. The Labute approximate surface area is 176 Å². The van der Waals surface area contributed by atoms with Crippen LogP contribution < -0.4 is 9.47 Å². The molecule has 0 aliphatic heterocycles. The van der Waals surface area contributed by atoms with E-state index in [-0.39, 0.29) is 0 Å². The van der Waals surface area contributed by atoms with Gasteiger partial charge in [-0.1, -0.05) is 0 Å². The highest BCUT2D eigenvalue weighted by Gasteiger charge is 2.09. The summed E-state index contributed by atoms with van der Waals surface area (Å²) in [5.74, 6) is 7.10. The summed E-state index contributed by atoms with van der Waals surface area (Å²) in [4.78, 5) is 0. The standard InChI is InChI=1S/C16H26O2S6/c19-5-7-23-15(11-21)9-17-13-1-2-14(4-3-13)18-10-16(12-22)24-8-6-20/h1-4,15-16,19-22H,5-12H2. The van der Waals surface area contributed by atoms with Crippen molar-refractivity contribution < 1.29 is 9.47 Å². The number of hydrogen-bond acceptors (Lipinski definition) is 8. The summed E-state index contributed by atoms with van der Waals surface area (Å²) in [5, 5.41) is 0.771. The monoisotopic (exact) mass is 442 g/mol. The summed E-state index contributed by atoms with van der Waals surface area (Å²) in [7, 11) is 0. The van der Waals surface area contributed by atoms with Crippen LogP contribution in [-0.4, -0.2) is 58.2 Å². The maximum Gasteiger partial charge on any atom is 0.119 e. The summed E-state index contributed by atoms with van der Waals surface area (Å²) in [6.45, 7) is 1.31. The quantitative estimate of drug-likeness (QED) is 0.321. The maximum absolute atomic E-state index is 5.84. The van der Waals surface area contributed by atoms with E-state index >= 15 is 0 Å². The van der Waals surface area contributed by atoms with Crippen LogP contribution in [0.2, 0.25) is 0 Å². The number of ether oxygens (including phenoxy) is 2. The largest absolute Gasteiger partial charge is 0.492 e. The topological polar surface area (TPSA) is 18.5 Å². The molecule has 0 heterocycles. The zero-order valence-corrected chi connectivity index (χ0v) is 18.8. The lowest BCUT2D eigenvalue weighted by Gasteiger charge is -2.16. The van der Waals surface area contributed by atoms with Gasteiger partial charge in [0.2, 0.25) is 0 Å². The normalized spacial score (nSPS) is 13.5. The zero-order valence-electron chi connectivity index (χ0n) is 13.5.